The fourth-order valence-corrected chi connectivity index (χ4v) is 11.4. The lowest BCUT2D eigenvalue weighted by atomic mass is 9.30. The van der Waals surface area contributed by atoms with Gasteiger partial charge in [0.1, 0.15) is 5.60 Å². The summed E-state index contributed by atoms with van der Waals surface area (Å²) in [6.07, 6.45) is 8.69. The van der Waals surface area contributed by atoms with Crippen molar-refractivity contribution in [1.82, 2.24) is 0 Å². The van der Waals surface area contributed by atoms with Crippen LogP contribution in [-0.2, 0) is 23.7 Å². The van der Waals surface area contributed by atoms with Crippen LogP contribution < -0.4 is 0 Å². The number of hydrogen-bond acceptors (Lipinski definition) is 8. The SMILES string of the molecule is C=C(C)C(=O)OC12CC3(C(CC)(CC)OCC(C)(C)O)CC(C(CC)(CC)OCC(C)(C)O)(C1)CC(C(CC)(CC)OCC(C)(C)O)(C2)C3. The molecule has 0 aromatic carbocycles. The van der Waals surface area contributed by atoms with E-state index in [1.807, 2.05) is 0 Å². The first kappa shape index (κ1) is 42.4. The summed E-state index contributed by atoms with van der Waals surface area (Å²) in [4.78, 5) is 13.8. The number of ether oxygens (including phenoxy) is 4. The van der Waals surface area contributed by atoms with Gasteiger partial charge in [0.15, 0.2) is 0 Å². The fourth-order valence-electron chi connectivity index (χ4n) is 11.4. The van der Waals surface area contributed by atoms with Gasteiger partial charge in [-0.05, 0) is 126 Å². The minimum Gasteiger partial charge on any atom is -0.456 e. The molecule has 8 heteroatoms. The van der Waals surface area contributed by atoms with Crippen molar-refractivity contribution in [2.24, 2.45) is 16.2 Å². The molecule has 4 bridgehead atoms. The van der Waals surface area contributed by atoms with Crippen molar-refractivity contribution in [3.8, 4) is 0 Å². The van der Waals surface area contributed by atoms with E-state index >= 15 is 0 Å². The van der Waals surface area contributed by atoms with Crippen LogP contribution in [-0.4, -0.2) is 80.3 Å². The Bertz CT molecular complexity index is 1030. The van der Waals surface area contributed by atoms with Gasteiger partial charge in [0.05, 0.1) is 53.4 Å². The van der Waals surface area contributed by atoms with Crippen LogP contribution in [0.25, 0.3) is 0 Å². The first-order valence-corrected chi connectivity index (χ1v) is 19.3. The van der Waals surface area contributed by atoms with Crippen LogP contribution in [0.1, 0.15) is 167 Å². The van der Waals surface area contributed by atoms with E-state index in [2.05, 4.69) is 48.1 Å². The van der Waals surface area contributed by atoms with Crippen molar-refractivity contribution in [1.29, 1.82) is 0 Å². The lowest BCUT2D eigenvalue weighted by Gasteiger charge is -2.78. The van der Waals surface area contributed by atoms with Crippen molar-refractivity contribution in [3.05, 3.63) is 12.2 Å². The first-order valence-electron chi connectivity index (χ1n) is 19.3. The molecule has 49 heavy (non-hydrogen) atoms. The molecule has 0 radical (unpaired) electrons. The predicted molar refractivity (Wildman–Crippen MR) is 195 cm³/mol. The van der Waals surface area contributed by atoms with Crippen LogP contribution in [0.15, 0.2) is 12.2 Å². The molecular weight excluding hydrogens is 620 g/mol. The highest BCUT2D eigenvalue weighted by Gasteiger charge is 2.79. The molecule has 0 aromatic rings. The minimum absolute atomic E-state index is 0.179. The van der Waals surface area contributed by atoms with Gasteiger partial charge >= 0.3 is 5.97 Å². The lowest BCUT2D eigenvalue weighted by molar-refractivity contribution is -0.361. The Labute approximate surface area is 299 Å². The third kappa shape index (κ3) is 7.85. The normalized spacial score (nSPS) is 29.4. The summed E-state index contributed by atoms with van der Waals surface area (Å²) in [6, 6.07) is 0. The number of rotatable bonds is 20. The standard InChI is InChI=1S/C41H74O8/c1-15-39(16-2,46-27-32(9,10)43)35-21-36(40(17-3,18-4)47-28-33(11,12)44)23-37(22-35,41(19-5,20-6)48-29-34(13,14)45)26-38(24-35,25-36)49-31(42)30(7)8/h43-45H,7,15-29H2,1-6,8-14H3. The molecule has 4 rings (SSSR count). The zero-order chi connectivity index (χ0) is 37.6. The Morgan fingerprint density at radius 1 is 0.551 bits per heavy atom. The second kappa shape index (κ2) is 14.1. The summed E-state index contributed by atoms with van der Waals surface area (Å²) in [7, 11) is 0. The van der Waals surface area contributed by atoms with E-state index in [-0.39, 0.29) is 25.8 Å². The van der Waals surface area contributed by atoms with E-state index in [0.29, 0.717) is 24.8 Å². The first-order chi connectivity index (χ1) is 22.3. The summed E-state index contributed by atoms with van der Waals surface area (Å²) >= 11 is 0. The zero-order valence-corrected chi connectivity index (χ0v) is 33.7. The van der Waals surface area contributed by atoms with Crippen molar-refractivity contribution >= 4 is 5.97 Å². The second-order valence-electron chi connectivity index (χ2n) is 18.7. The third-order valence-corrected chi connectivity index (χ3v) is 13.1. The highest BCUT2D eigenvalue weighted by molar-refractivity contribution is 5.87. The van der Waals surface area contributed by atoms with Gasteiger partial charge in [-0.1, -0.05) is 48.1 Å². The van der Waals surface area contributed by atoms with E-state index in [4.69, 9.17) is 18.9 Å². The van der Waals surface area contributed by atoms with E-state index in [9.17, 15) is 20.1 Å². The minimum atomic E-state index is -1.03. The van der Waals surface area contributed by atoms with E-state index in [1.165, 1.54) is 0 Å². The van der Waals surface area contributed by atoms with Crippen molar-refractivity contribution in [2.45, 2.75) is 206 Å². The second-order valence-corrected chi connectivity index (χ2v) is 18.7. The number of hydrogen-bond donors (Lipinski definition) is 3. The fraction of sp³-hybridized carbons (Fsp3) is 0.927. The smallest absolute Gasteiger partial charge is 0.333 e. The van der Waals surface area contributed by atoms with Gasteiger partial charge in [0.25, 0.3) is 0 Å². The molecule has 8 nitrogen and oxygen atoms in total. The Hall–Kier alpha value is -1.03. The maximum absolute atomic E-state index is 13.8. The molecular formula is C41H74O8. The largest absolute Gasteiger partial charge is 0.456 e. The number of aliphatic hydroxyl groups is 3. The molecule has 0 unspecified atom stereocenters. The quantitative estimate of drug-likeness (QED) is 0.0863. The molecule has 3 N–H and O–H groups in total. The summed E-state index contributed by atoms with van der Waals surface area (Å²) in [5.41, 5.74) is -6.89. The maximum Gasteiger partial charge on any atom is 0.333 e. The van der Waals surface area contributed by atoms with Gasteiger partial charge < -0.3 is 34.3 Å². The van der Waals surface area contributed by atoms with Crippen LogP contribution in [0.4, 0.5) is 0 Å². The van der Waals surface area contributed by atoms with Gasteiger partial charge in [-0.25, -0.2) is 4.79 Å². The van der Waals surface area contributed by atoms with E-state index in [0.717, 1.165) is 57.8 Å². The topological polar surface area (TPSA) is 115 Å². The third-order valence-electron chi connectivity index (χ3n) is 13.1. The molecule has 0 spiro atoms. The highest BCUT2D eigenvalue weighted by atomic mass is 16.6. The Kier molecular flexibility index (Phi) is 12.2. The summed E-state index contributed by atoms with van der Waals surface area (Å²) in [6.45, 7) is 30.1. The summed E-state index contributed by atoms with van der Waals surface area (Å²) < 4.78 is 28.1. The summed E-state index contributed by atoms with van der Waals surface area (Å²) in [5.74, 6) is -0.384. The van der Waals surface area contributed by atoms with E-state index < -0.39 is 55.5 Å². The molecule has 286 valence electrons. The predicted octanol–water partition coefficient (Wildman–Crippen LogP) is 8.22. The molecule has 4 aliphatic rings. The molecule has 4 saturated carbocycles. The average molecular weight is 695 g/mol. The molecule has 0 heterocycles. The lowest BCUT2D eigenvalue weighted by Crippen LogP contribution is -2.78. The van der Waals surface area contributed by atoms with Crippen molar-refractivity contribution in [3.63, 3.8) is 0 Å². The molecule has 0 atom stereocenters. The highest BCUT2D eigenvalue weighted by Crippen LogP contribution is 2.80. The van der Waals surface area contributed by atoms with Crippen LogP contribution >= 0.6 is 0 Å². The molecule has 0 aromatic heterocycles. The number of carbonyl (C=O) groups is 1. The van der Waals surface area contributed by atoms with Gasteiger partial charge in [0, 0.05) is 21.8 Å². The summed E-state index contributed by atoms with van der Waals surface area (Å²) in [5, 5.41) is 33.0. The van der Waals surface area contributed by atoms with Crippen LogP contribution in [0, 0.1) is 16.2 Å². The monoisotopic (exact) mass is 695 g/mol. The number of esters is 1. The molecule has 0 saturated heterocycles. The molecule has 0 amide bonds. The van der Waals surface area contributed by atoms with Gasteiger partial charge in [-0.3, -0.25) is 0 Å². The molecule has 4 fully saturated rings. The Balaban J connectivity index is 2.50. The zero-order valence-electron chi connectivity index (χ0n) is 33.7. The van der Waals surface area contributed by atoms with Gasteiger partial charge in [-0.2, -0.15) is 0 Å². The van der Waals surface area contributed by atoms with Crippen molar-refractivity contribution < 1.29 is 39.1 Å². The Morgan fingerprint density at radius 3 is 0.980 bits per heavy atom. The van der Waals surface area contributed by atoms with Crippen LogP contribution in [0.2, 0.25) is 0 Å². The van der Waals surface area contributed by atoms with Gasteiger partial charge in [0.2, 0.25) is 0 Å². The molecule has 4 aliphatic carbocycles. The van der Waals surface area contributed by atoms with Gasteiger partial charge in [-0.15, -0.1) is 0 Å². The van der Waals surface area contributed by atoms with E-state index in [1.54, 1.807) is 48.5 Å². The average Bonchev–Trinajstić information content (AvgIpc) is 2.96. The van der Waals surface area contributed by atoms with Crippen LogP contribution in [0.5, 0.6) is 0 Å². The maximum atomic E-state index is 13.8. The van der Waals surface area contributed by atoms with Crippen molar-refractivity contribution in [2.75, 3.05) is 19.8 Å². The molecule has 0 aliphatic heterocycles. The number of carbonyl (C=O) groups excluding carboxylic acids is 1. The van der Waals surface area contributed by atoms with Crippen LogP contribution in [0.3, 0.4) is 0 Å². The Morgan fingerprint density at radius 2 is 0.796 bits per heavy atom.